The van der Waals surface area contributed by atoms with E-state index < -0.39 is 6.36 Å². The van der Waals surface area contributed by atoms with E-state index in [1.54, 1.807) is 7.05 Å². The molecule has 0 saturated heterocycles. The van der Waals surface area contributed by atoms with E-state index in [0.717, 1.165) is 12.1 Å². The fourth-order valence-electron chi connectivity index (χ4n) is 1.33. The van der Waals surface area contributed by atoms with Crippen LogP contribution in [0.2, 0.25) is 0 Å². The van der Waals surface area contributed by atoms with Crippen LogP contribution in [-0.2, 0) is 4.79 Å². The zero-order valence-corrected chi connectivity index (χ0v) is 12.1. The molecule has 0 saturated carbocycles. The third-order valence-electron chi connectivity index (χ3n) is 2.35. The second kappa shape index (κ2) is 7.11. The van der Waals surface area contributed by atoms with E-state index >= 15 is 0 Å². The number of benzene rings is 1. The number of amides is 1. The number of hydrogen-bond donors (Lipinski definition) is 2. The Morgan fingerprint density at radius 2 is 1.90 bits per heavy atom. The number of carbonyl (C=O) groups excluding carboxylic acids is 1. The Morgan fingerprint density at radius 3 is 2.38 bits per heavy atom. The SMILES string of the molecule is CNC(=O)CN(C)C(=S)Nc1ccc(OC(F)(F)F)cc1. The van der Waals surface area contributed by atoms with Gasteiger partial charge in [0.05, 0.1) is 6.54 Å². The first-order valence-corrected chi connectivity index (χ1v) is 6.20. The number of halogens is 3. The van der Waals surface area contributed by atoms with Crippen molar-refractivity contribution < 1.29 is 22.7 Å². The van der Waals surface area contributed by atoms with Crippen molar-refractivity contribution in [3.05, 3.63) is 24.3 Å². The Labute approximate surface area is 125 Å². The third kappa shape index (κ3) is 6.30. The van der Waals surface area contributed by atoms with Gasteiger partial charge in [0.25, 0.3) is 0 Å². The molecule has 0 bridgehead atoms. The molecule has 0 heterocycles. The zero-order valence-electron chi connectivity index (χ0n) is 11.3. The molecule has 0 radical (unpaired) electrons. The highest BCUT2D eigenvalue weighted by molar-refractivity contribution is 7.80. The van der Waals surface area contributed by atoms with Gasteiger partial charge in [-0.15, -0.1) is 13.2 Å². The molecule has 1 rings (SSSR count). The molecule has 0 unspecified atom stereocenters. The summed E-state index contributed by atoms with van der Waals surface area (Å²) in [5, 5.41) is 5.52. The van der Waals surface area contributed by atoms with Crippen LogP contribution < -0.4 is 15.4 Å². The number of nitrogens with one attached hydrogen (secondary N) is 2. The summed E-state index contributed by atoms with van der Waals surface area (Å²) in [6, 6.07) is 5.11. The van der Waals surface area contributed by atoms with Gasteiger partial charge in [0, 0.05) is 19.8 Å². The van der Waals surface area contributed by atoms with Crippen LogP contribution in [0, 0.1) is 0 Å². The molecule has 0 fully saturated rings. The minimum Gasteiger partial charge on any atom is -0.406 e. The van der Waals surface area contributed by atoms with Crippen LogP contribution >= 0.6 is 12.2 Å². The summed E-state index contributed by atoms with van der Waals surface area (Å²) in [5.74, 6) is -0.534. The molecule has 0 aromatic heterocycles. The third-order valence-corrected chi connectivity index (χ3v) is 2.76. The maximum Gasteiger partial charge on any atom is 0.573 e. The number of ether oxygens (including phenoxy) is 1. The first-order valence-electron chi connectivity index (χ1n) is 5.80. The van der Waals surface area contributed by atoms with Crippen LogP contribution in [0.4, 0.5) is 18.9 Å². The molecule has 1 aromatic carbocycles. The second-order valence-electron chi connectivity index (χ2n) is 4.03. The van der Waals surface area contributed by atoms with Crippen molar-refractivity contribution in [3.8, 4) is 5.75 Å². The van der Waals surface area contributed by atoms with Crippen LogP contribution in [0.1, 0.15) is 0 Å². The zero-order chi connectivity index (χ0) is 16.0. The smallest absolute Gasteiger partial charge is 0.406 e. The molecule has 5 nitrogen and oxygen atoms in total. The van der Waals surface area contributed by atoms with Crippen molar-refractivity contribution in [3.63, 3.8) is 0 Å². The molecule has 0 aliphatic rings. The predicted octanol–water partition coefficient (Wildman–Crippen LogP) is 1.96. The summed E-state index contributed by atoms with van der Waals surface area (Å²) >= 11 is 5.07. The molecular formula is C12H14F3N3O2S. The van der Waals surface area contributed by atoms with Gasteiger partial charge in [-0.2, -0.15) is 0 Å². The summed E-state index contributed by atoms with van der Waals surface area (Å²) in [7, 11) is 3.12. The molecule has 116 valence electrons. The summed E-state index contributed by atoms with van der Waals surface area (Å²) < 4.78 is 39.8. The normalized spacial score (nSPS) is 10.7. The van der Waals surface area contributed by atoms with Crippen molar-refractivity contribution in [1.82, 2.24) is 10.2 Å². The number of rotatable bonds is 4. The van der Waals surface area contributed by atoms with Crippen LogP contribution in [0.3, 0.4) is 0 Å². The van der Waals surface area contributed by atoms with E-state index in [4.69, 9.17) is 12.2 Å². The summed E-state index contributed by atoms with van der Waals surface area (Å²) in [6.45, 7) is 0.0671. The van der Waals surface area contributed by atoms with Crippen molar-refractivity contribution in [2.45, 2.75) is 6.36 Å². The van der Waals surface area contributed by atoms with Crippen molar-refractivity contribution in [1.29, 1.82) is 0 Å². The Hall–Kier alpha value is -2.03. The minimum atomic E-state index is -4.72. The molecule has 0 spiro atoms. The second-order valence-corrected chi connectivity index (χ2v) is 4.42. The maximum absolute atomic E-state index is 12.0. The van der Waals surface area contributed by atoms with Crippen LogP contribution in [0.25, 0.3) is 0 Å². The van der Waals surface area contributed by atoms with Gasteiger partial charge in [0.1, 0.15) is 5.75 Å². The largest absolute Gasteiger partial charge is 0.573 e. The lowest BCUT2D eigenvalue weighted by molar-refractivity contribution is -0.274. The number of thiocarbonyl (C=S) groups is 1. The molecule has 0 aliphatic carbocycles. The lowest BCUT2D eigenvalue weighted by atomic mass is 10.3. The highest BCUT2D eigenvalue weighted by Gasteiger charge is 2.30. The van der Waals surface area contributed by atoms with Crippen molar-refractivity contribution in [2.75, 3.05) is 26.0 Å². The topological polar surface area (TPSA) is 53.6 Å². The van der Waals surface area contributed by atoms with Gasteiger partial charge in [-0.05, 0) is 36.5 Å². The summed E-state index contributed by atoms with van der Waals surface area (Å²) in [4.78, 5) is 12.7. The van der Waals surface area contributed by atoms with Gasteiger partial charge in [-0.1, -0.05) is 0 Å². The number of anilines is 1. The van der Waals surface area contributed by atoms with Crippen LogP contribution in [-0.4, -0.2) is 42.9 Å². The fourth-order valence-corrected chi connectivity index (χ4v) is 1.51. The van der Waals surface area contributed by atoms with Gasteiger partial charge < -0.3 is 20.3 Å². The number of likely N-dealkylation sites (N-methyl/N-ethyl adjacent to an activating group) is 2. The molecular weight excluding hydrogens is 307 g/mol. The summed E-state index contributed by atoms with van der Waals surface area (Å²) in [5.41, 5.74) is 0.485. The van der Waals surface area contributed by atoms with E-state index in [1.165, 1.54) is 24.1 Å². The standard InChI is InChI=1S/C12H14F3N3O2S/c1-16-10(19)7-18(2)11(21)17-8-3-5-9(6-4-8)20-12(13,14)15/h3-6H,7H2,1-2H3,(H,16,19)(H,17,21). The summed E-state index contributed by atoms with van der Waals surface area (Å²) in [6.07, 6.45) is -4.72. The van der Waals surface area contributed by atoms with Gasteiger partial charge in [-0.25, -0.2) is 0 Å². The molecule has 21 heavy (non-hydrogen) atoms. The van der Waals surface area contributed by atoms with E-state index in [2.05, 4.69) is 15.4 Å². The van der Waals surface area contributed by atoms with Gasteiger partial charge in [0.2, 0.25) is 5.91 Å². The van der Waals surface area contributed by atoms with Crippen LogP contribution in [0.15, 0.2) is 24.3 Å². The van der Waals surface area contributed by atoms with Gasteiger partial charge >= 0.3 is 6.36 Å². The van der Waals surface area contributed by atoms with E-state index in [-0.39, 0.29) is 23.3 Å². The Kier molecular flexibility index (Phi) is 5.77. The highest BCUT2D eigenvalue weighted by Crippen LogP contribution is 2.23. The van der Waals surface area contributed by atoms with E-state index in [1.807, 2.05) is 0 Å². The molecule has 0 atom stereocenters. The maximum atomic E-state index is 12.0. The van der Waals surface area contributed by atoms with Crippen molar-refractivity contribution in [2.24, 2.45) is 0 Å². The molecule has 2 N–H and O–H groups in total. The van der Waals surface area contributed by atoms with Gasteiger partial charge in [-0.3, -0.25) is 4.79 Å². The minimum absolute atomic E-state index is 0.0671. The molecule has 1 aromatic rings. The van der Waals surface area contributed by atoms with E-state index in [0.29, 0.717) is 5.69 Å². The fraction of sp³-hybridized carbons (Fsp3) is 0.333. The molecule has 9 heteroatoms. The Balaban J connectivity index is 2.59. The monoisotopic (exact) mass is 321 g/mol. The quantitative estimate of drug-likeness (QED) is 0.831. The Morgan fingerprint density at radius 1 is 1.33 bits per heavy atom. The average molecular weight is 321 g/mol. The lowest BCUT2D eigenvalue weighted by Gasteiger charge is -2.20. The van der Waals surface area contributed by atoms with Gasteiger partial charge in [0.15, 0.2) is 5.11 Å². The lowest BCUT2D eigenvalue weighted by Crippen LogP contribution is -2.39. The number of hydrogen-bond acceptors (Lipinski definition) is 3. The number of nitrogens with zero attached hydrogens (tertiary/aromatic N) is 1. The first-order chi connectivity index (χ1) is 9.71. The Bertz CT molecular complexity index is 505. The molecule has 1 amide bonds. The predicted molar refractivity (Wildman–Crippen MR) is 76.0 cm³/mol. The van der Waals surface area contributed by atoms with Crippen molar-refractivity contribution >= 4 is 28.9 Å². The number of alkyl halides is 3. The van der Waals surface area contributed by atoms with E-state index in [9.17, 15) is 18.0 Å². The number of carbonyl (C=O) groups is 1. The first kappa shape index (κ1) is 17.0. The average Bonchev–Trinajstić information content (AvgIpc) is 2.39. The highest BCUT2D eigenvalue weighted by atomic mass is 32.1. The van der Waals surface area contributed by atoms with Crippen LogP contribution in [0.5, 0.6) is 5.75 Å². The molecule has 0 aliphatic heterocycles.